The van der Waals surface area contributed by atoms with Gasteiger partial charge >= 0.3 is 12.1 Å². The Bertz CT molecular complexity index is 1020. The van der Waals surface area contributed by atoms with Crippen LogP contribution in [-0.4, -0.2) is 48.9 Å². The van der Waals surface area contributed by atoms with Crippen LogP contribution < -0.4 is 5.32 Å². The number of amides is 1. The minimum Gasteiger partial charge on any atom is -0.479 e. The molecule has 2 N–H and O–H groups in total. The van der Waals surface area contributed by atoms with Crippen LogP contribution in [-0.2, 0) is 27.4 Å². The fraction of sp³-hybridized carbons (Fsp3) is 0.316. The van der Waals surface area contributed by atoms with E-state index in [0.29, 0.717) is 30.6 Å². The molecule has 150 valence electrons. The molecule has 2 aromatic heterocycles. The number of carbonyl (C=O) groups excluding carboxylic acids is 1. The van der Waals surface area contributed by atoms with Crippen LogP contribution in [0, 0.1) is 0 Å². The number of ether oxygens (including phenoxy) is 2. The number of nitrogens with zero attached hydrogens (tertiary/aromatic N) is 4. The number of carboxylic acids is 1. The van der Waals surface area contributed by atoms with Crippen LogP contribution in [0.2, 0.25) is 0 Å². The summed E-state index contributed by atoms with van der Waals surface area (Å²) in [5.41, 5.74) is 1.80. The molecule has 1 fully saturated rings. The third kappa shape index (κ3) is 4.32. The van der Waals surface area contributed by atoms with Crippen LogP contribution in [0.5, 0.6) is 0 Å². The molecule has 10 heteroatoms. The average Bonchev–Trinajstić information content (AvgIpc) is 3.36. The van der Waals surface area contributed by atoms with Gasteiger partial charge in [-0.2, -0.15) is 0 Å². The average molecular weight is 397 g/mol. The summed E-state index contributed by atoms with van der Waals surface area (Å²) >= 11 is 0. The van der Waals surface area contributed by atoms with E-state index in [1.807, 2.05) is 30.3 Å². The van der Waals surface area contributed by atoms with Crippen molar-refractivity contribution in [3.63, 3.8) is 0 Å². The first-order chi connectivity index (χ1) is 14.1. The maximum absolute atomic E-state index is 12.1. The summed E-state index contributed by atoms with van der Waals surface area (Å²) in [6, 6.07) is 9.33. The summed E-state index contributed by atoms with van der Waals surface area (Å²) < 4.78 is 12.5. The first-order valence-corrected chi connectivity index (χ1v) is 9.12. The molecule has 2 atom stereocenters. The number of hydrogen-bond donors (Lipinski definition) is 2. The molecule has 3 heterocycles. The highest BCUT2D eigenvalue weighted by Gasteiger charge is 2.31. The summed E-state index contributed by atoms with van der Waals surface area (Å²) in [6.45, 7) is 0.550. The Balaban J connectivity index is 1.42. The van der Waals surface area contributed by atoms with Gasteiger partial charge in [-0.25, -0.2) is 24.5 Å². The second-order valence-electron chi connectivity index (χ2n) is 6.64. The van der Waals surface area contributed by atoms with Crippen LogP contribution in [0.4, 0.5) is 10.6 Å². The van der Waals surface area contributed by atoms with Crippen LogP contribution in [0.3, 0.4) is 0 Å². The maximum Gasteiger partial charge on any atom is 0.413 e. The highest BCUT2D eigenvalue weighted by atomic mass is 16.5. The van der Waals surface area contributed by atoms with Crippen molar-refractivity contribution >= 4 is 29.0 Å². The first kappa shape index (κ1) is 18.8. The minimum absolute atomic E-state index is 0.138. The third-order valence-corrected chi connectivity index (χ3v) is 4.62. The molecular formula is C19H19N5O5. The molecule has 0 saturated carbocycles. The number of anilines is 1. The third-order valence-electron chi connectivity index (χ3n) is 4.62. The molecule has 1 aliphatic rings. The van der Waals surface area contributed by atoms with Crippen LogP contribution in [0.25, 0.3) is 11.2 Å². The van der Waals surface area contributed by atoms with Gasteiger partial charge in [0.2, 0.25) is 0 Å². The Labute approximate surface area is 165 Å². The lowest BCUT2D eigenvalue weighted by molar-refractivity contribution is -0.149. The molecule has 1 aliphatic heterocycles. The summed E-state index contributed by atoms with van der Waals surface area (Å²) in [5.74, 6) is -0.714. The van der Waals surface area contributed by atoms with E-state index in [9.17, 15) is 9.59 Å². The summed E-state index contributed by atoms with van der Waals surface area (Å²) in [7, 11) is 0. The van der Waals surface area contributed by atoms with Crippen molar-refractivity contribution in [1.82, 2.24) is 19.5 Å². The summed E-state index contributed by atoms with van der Waals surface area (Å²) in [6.07, 6.45) is 2.34. The molecule has 29 heavy (non-hydrogen) atoms. The normalized spacial score (nSPS) is 18.6. The molecule has 4 rings (SSSR count). The lowest BCUT2D eigenvalue weighted by atomic mass is 10.2. The molecule has 10 nitrogen and oxygen atoms in total. The fourth-order valence-corrected chi connectivity index (χ4v) is 3.20. The van der Waals surface area contributed by atoms with Crippen molar-refractivity contribution < 1.29 is 24.2 Å². The number of benzene rings is 1. The number of nitrogens with one attached hydrogen (secondary N) is 1. The molecule has 0 spiro atoms. The predicted molar refractivity (Wildman–Crippen MR) is 101 cm³/mol. The van der Waals surface area contributed by atoms with E-state index < -0.39 is 18.2 Å². The van der Waals surface area contributed by atoms with Gasteiger partial charge in [-0.3, -0.25) is 5.32 Å². The van der Waals surface area contributed by atoms with E-state index in [-0.39, 0.29) is 18.5 Å². The molecule has 1 saturated heterocycles. The van der Waals surface area contributed by atoms with E-state index in [2.05, 4.69) is 20.3 Å². The zero-order valence-electron chi connectivity index (χ0n) is 15.4. The first-order valence-electron chi connectivity index (χ1n) is 9.12. The Morgan fingerprint density at radius 3 is 2.79 bits per heavy atom. The lowest BCUT2D eigenvalue weighted by Gasteiger charge is -2.12. The number of aliphatic carboxylic acids is 1. The molecule has 0 aliphatic carbocycles. The van der Waals surface area contributed by atoms with Gasteiger partial charge in [0.05, 0.1) is 19.0 Å². The Hall–Kier alpha value is -3.53. The molecule has 0 unspecified atom stereocenters. The second-order valence-corrected chi connectivity index (χ2v) is 6.64. The van der Waals surface area contributed by atoms with E-state index in [1.54, 1.807) is 10.9 Å². The lowest BCUT2D eigenvalue weighted by Crippen LogP contribution is -2.22. The van der Waals surface area contributed by atoms with Crippen molar-refractivity contribution in [3.05, 3.63) is 48.5 Å². The SMILES string of the molecule is O=C(Nc1ncnc2c1ncn2C[C@H]1CC[C@@H](C(=O)O)O1)OCc1ccccc1. The maximum atomic E-state index is 12.1. The Morgan fingerprint density at radius 2 is 2.03 bits per heavy atom. The standard InChI is InChI=1S/C19H19N5O5/c25-18(26)14-7-6-13(29-14)8-24-11-22-15-16(20-10-21-17(15)24)23-19(27)28-9-12-4-2-1-3-5-12/h1-5,10-11,13-14H,6-9H2,(H,25,26)(H,20,21,23,27)/t13-,14+/m1/s1. The Morgan fingerprint density at radius 1 is 1.21 bits per heavy atom. The smallest absolute Gasteiger partial charge is 0.413 e. The van der Waals surface area contributed by atoms with E-state index in [4.69, 9.17) is 14.6 Å². The van der Waals surface area contributed by atoms with Gasteiger partial charge in [0.15, 0.2) is 23.1 Å². The van der Waals surface area contributed by atoms with Gasteiger partial charge in [-0.05, 0) is 18.4 Å². The van der Waals surface area contributed by atoms with Crippen molar-refractivity contribution in [1.29, 1.82) is 0 Å². The molecule has 3 aromatic rings. The summed E-state index contributed by atoms with van der Waals surface area (Å²) in [5, 5.41) is 11.6. The van der Waals surface area contributed by atoms with Crippen molar-refractivity contribution in [3.8, 4) is 0 Å². The van der Waals surface area contributed by atoms with Gasteiger partial charge < -0.3 is 19.1 Å². The zero-order chi connectivity index (χ0) is 20.2. The summed E-state index contributed by atoms with van der Waals surface area (Å²) in [4.78, 5) is 35.7. The van der Waals surface area contributed by atoms with Gasteiger partial charge in [-0.1, -0.05) is 30.3 Å². The number of imidazole rings is 1. The topological polar surface area (TPSA) is 128 Å². The van der Waals surface area contributed by atoms with Crippen molar-refractivity contribution in [2.75, 3.05) is 5.32 Å². The number of fused-ring (bicyclic) bond motifs is 1. The monoisotopic (exact) mass is 397 g/mol. The van der Waals surface area contributed by atoms with Crippen LogP contribution >= 0.6 is 0 Å². The zero-order valence-corrected chi connectivity index (χ0v) is 15.4. The highest BCUT2D eigenvalue weighted by Crippen LogP contribution is 2.24. The van der Waals surface area contributed by atoms with Crippen LogP contribution in [0.1, 0.15) is 18.4 Å². The molecule has 0 radical (unpaired) electrons. The van der Waals surface area contributed by atoms with Gasteiger partial charge in [0.1, 0.15) is 12.9 Å². The van der Waals surface area contributed by atoms with Crippen molar-refractivity contribution in [2.45, 2.75) is 38.2 Å². The highest BCUT2D eigenvalue weighted by molar-refractivity contribution is 5.93. The number of hydrogen-bond acceptors (Lipinski definition) is 7. The predicted octanol–water partition coefficient (Wildman–Crippen LogP) is 2.21. The van der Waals surface area contributed by atoms with Gasteiger partial charge in [0.25, 0.3) is 0 Å². The largest absolute Gasteiger partial charge is 0.479 e. The van der Waals surface area contributed by atoms with Gasteiger partial charge in [0, 0.05) is 0 Å². The quantitative estimate of drug-likeness (QED) is 0.648. The number of rotatable bonds is 6. The number of carboxylic acid groups (broad SMARTS) is 1. The second kappa shape index (κ2) is 8.23. The number of carbonyl (C=O) groups is 2. The molecule has 0 bridgehead atoms. The Kier molecular flexibility index (Phi) is 5.34. The fourth-order valence-electron chi connectivity index (χ4n) is 3.20. The van der Waals surface area contributed by atoms with E-state index >= 15 is 0 Å². The van der Waals surface area contributed by atoms with Crippen molar-refractivity contribution in [2.24, 2.45) is 0 Å². The minimum atomic E-state index is -0.953. The van der Waals surface area contributed by atoms with E-state index in [0.717, 1.165) is 5.56 Å². The molecule has 1 aromatic carbocycles. The van der Waals surface area contributed by atoms with E-state index in [1.165, 1.54) is 6.33 Å². The number of aromatic nitrogens is 4. The van der Waals surface area contributed by atoms with Gasteiger partial charge in [-0.15, -0.1) is 0 Å². The molecule has 1 amide bonds. The molecular weight excluding hydrogens is 378 g/mol. The van der Waals surface area contributed by atoms with Crippen LogP contribution in [0.15, 0.2) is 43.0 Å².